The number of anilines is 1. The molecular formula is C15H15ClF2N2O. The van der Waals surface area contributed by atoms with Crippen LogP contribution in [0.25, 0.3) is 0 Å². The zero-order chi connectivity index (χ0) is 15.4. The zero-order valence-corrected chi connectivity index (χ0v) is 12.4. The second-order valence-electron chi connectivity index (χ2n) is 4.57. The van der Waals surface area contributed by atoms with Crippen molar-refractivity contribution in [2.24, 2.45) is 0 Å². The molecule has 0 amide bonds. The highest BCUT2D eigenvalue weighted by Crippen LogP contribution is 2.26. The topological polar surface area (TPSA) is 34.1 Å². The molecule has 3 nitrogen and oxygen atoms in total. The van der Waals surface area contributed by atoms with E-state index < -0.39 is 6.61 Å². The van der Waals surface area contributed by atoms with Gasteiger partial charge in [-0.1, -0.05) is 11.6 Å². The summed E-state index contributed by atoms with van der Waals surface area (Å²) in [4.78, 5) is 4.33. The molecule has 2 aromatic rings. The Kier molecular flexibility index (Phi) is 4.96. The second-order valence-corrected chi connectivity index (χ2v) is 5.01. The highest BCUT2D eigenvalue weighted by Gasteiger charge is 2.10. The van der Waals surface area contributed by atoms with E-state index in [2.05, 4.69) is 15.0 Å². The molecule has 2 rings (SSSR count). The Labute approximate surface area is 126 Å². The predicted molar refractivity (Wildman–Crippen MR) is 79.1 cm³/mol. The molecule has 21 heavy (non-hydrogen) atoms. The second kappa shape index (κ2) is 6.72. The maximum atomic E-state index is 12.4. The van der Waals surface area contributed by atoms with E-state index in [9.17, 15) is 8.78 Å². The molecule has 0 fully saturated rings. The number of halogens is 3. The summed E-state index contributed by atoms with van der Waals surface area (Å²) in [6.07, 6.45) is 0. The third kappa shape index (κ3) is 4.29. The van der Waals surface area contributed by atoms with E-state index in [0.717, 1.165) is 17.1 Å². The van der Waals surface area contributed by atoms with Crippen LogP contribution in [0.3, 0.4) is 0 Å². The maximum absolute atomic E-state index is 12.4. The quantitative estimate of drug-likeness (QED) is 0.878. The minimum Gasteiger partial charge on any atom is -0.434 e. The molecule has 1 aromatic carbocycles. The third-order valence-corrected chi connectivity index (χ3v) is 3.17. The number of pyridine rings is 1. The molecule has 0 aliphatic rings. The number of benzene rings is 1. The smallest absolute Gasteiger partial charge is 0.387 e. The van der Waals surface area contributed by atoms with Crippen molar-refractivity contribution >= 4 is 17.3 Å². The van der Waals surface area contributed by atoms with E-state index in [1.165, 1.54) is 12.1 Å². The van der Waals surface area contributed by atoms with E-state index in [-0.39, 0.29) is 5.75 Å². The summed E-state index contributed by atoms with van der Waals surface area (Å²) in [5.74, 6) is 0.111. The molecule has 0 radical (unpaired) electrons. The van der Waals surface area contributed by atoms with Gasteiger partial charge in [0.25, 0.3) is 0 Å². The van der Waals surface area contributed by atoms with Crippen molar-refractivity contribution in [2.45, 2.75) is 27.0 Å². The molecule has 1 heterocycles. The molecule has 0 saturated carbocycles. The number of ether oxygens (including phenoxy) is 1. The van der Waals surface area contributed by atoms with Gasteiger partial charge in [-0.25, -0.2) is 0 Å². The number of aromatic nitrogens is 1. The van der Waals surface area contributed by atoms with Gasteiger partial charge in [0.15, 0.2) is 0 Å². The Hall–Kier alpha value is -1.88. The van der Waals surface area contributed by atoms with Crippen molar-refractivity contribution in [3.05, 3.63) is 52.3 Å². The van der Waals surface area contributed by atoms with E-state index in [1.54, 1.807) is 6.07 Å². The van der Waals surface area contributed by atoms with Crippen LogP contribution in [0.5, 0.6) is 5.75 Å². The molecule has 0 atom stereocenters. The van der Waals surface area contributed by atoms with Gasteiger partial charge < -0.3 is 10.1 Å². The van der Waals surface area contributed by atoms with Crippen LogP contribution in [0.2, 0.25) is 5.02 Å². The van der Waals surface area contributed by atoms with Gasteiger partial charge in [-0.2, -0.15) is 8.78 Å². The molecular weight excluding hydrogens is 298 g/mol. The van der Waals surface area contributed by atoms with Gasteiger partial charge in [0.2, 0.25) is 0 Å². The first-order valence-electron chi connectivity index (χ1n) is 6.37. The summed E-state index contributed by atoms with van der Waals surface area (Å²) in [5, 5.41) is 3.62. The lowest BCUT2D eigenvalue weighted by Crippen LogP contribution is -2.08. The first-order valence-corrected chi connectivity index (χ1v) is 6.75. The van der Waals surface area contributed by atoms with Gasteiger partial charge in [0.1, 0.15) is 5.75 Å². The average molecular weight is 313 g/mol. The zero-order valence-electron chi connectivity index (χ0n) is 11.7. The SMILES string of the molecule is Cc1ccc(NCc2cc(Cl)ccc2OC(F)F)c(C)n1. The van der Waals surface area contributed by atoms with Gasteiger partial charge >= 0.3 is 6.61 Å². The average Bonchev–Trinajstić information content (AvgIpc) is 2.40. The third-order valence-electron chi connectivity index (χ3n) is 2.93. The molecule has 0 saturated heterocycles. The largest absolute Gasteiger partial charge is 0.434 e. The van der Waals surface area contributed by atoms with Gasteiger partial charge in [-0.3, -0.25) is 4.98 Å². The van der Waals surface area contributed by atoms with Crippen LogP contribution < -0.4 is 10.1 Å². The van der Waals surface area contributed by atoms with E-state index in [0.29, 0.717) is 17.1 Å². The molecule has 112 valence electrons. The standard InChI is InChI=1S/C15H15ClF2N2O/c1-9-3-5-13(10(2)20-9)19-8-11-7-12(16)4-6-14(11)21-15(17)18/h3-7,15,19H,8H2,1-2H3. The highest BCUT2D eigenvalue weighted by molar-refractivity contribution is 6.30. The predicted octanol–water partition coefficient (Wildman–Crippen LogP) is 4.57. The highest BCUT2D eigenvalue weighted by atomic mass is 35.5. The van der Waals surface area contributed by atoms with Crippen LogP contribution in [-0.2, 0) is 6.54 Å². The van der Waals surface area contributed by atoms with Crippen molar-refractivity contribution in [1.82, 2.24) is 4.98 Å². The fourth-order valence-electron chi connectivity index (χ4n) is 1.96. The van der Waals surface area contributed by atoms with E-state index in [1.807, 2.05) is 26.0 Å². The Bertz CT molecular complexity index is 635. The molecule has 1 N–H and O–H groups in total. The van der Waals surface area contributed by atoms with Gasteiger partial charge in [-0.15, -0.1) is 0 Å². The monoisotopic (exact) mass is 312 g/mol. The summed E-state index contributed by atoms with van der Waals surface area (Å²) in [7, 11) is 0. The lowest BCUT2D eigenvalue weighted by Gasteiger charge is -2.14. The summed E-state index contributed by atoms with van der Waals surface area (Å²) < 4.78 is 29.3. The van der Waals surface area contributed by atoms with Crippen molar-refractivity contribution < 1.29 is 13.5 Å². The molecule has 6 heteroatoms. The number of nitrogens with one attached hydrogen (secondary N) is 1. The van der Waals surface area contributed by atoms with Crippen molar-refractivity contribution in [3.63, 3.8) is 0 Å². The first-order chi connectivity index (χ1) is 9.95. The van der Waals surface area contributed by atoms with Crippen LogP contribution in [0, 0.1) is 13.8 Å². The Balaban J connectivity index is 2.16. The normalized spacial score (nSPS) is 10.8. The minimum absolute atomic E-state index is 0.111. The summed E-state index contributed by atoms with van der Waals surface area (Å²) in [5.41, 5.74) is 3.15. The molecule has 0 aliphatic carbocycles. The maximum Gasteiger partial charge on any atom is 0.387 e. The summed E-state index contributed by atoms with van der Waals surface area (Å²) in [6.45, 7) is 1.23. The van der Waals surface area contributed by atoms with Gasteiger partial charge in [-0.05, 0) is 44.2 Å². The number of nitrogens with zero attached hydrogens (tertiary/aromatic N) is 1. The van der Waals surface area contributed by atoms with Crippen molar-refractivity contribution in [3.8, 4) is 5.75 Å². The van der Waals surface area contributed by atoms with E-state index in [4.69, 9.17) is 11.6 Å². The fraction of sp³-hybridized carbons (Fsp3) is 0.267. The molecule has 0 spiro atoms. The molecule has 0 bridgehead atoms. The van der Waals surface area contributed by atoms with Crippen LogP contribution in [-0.4, -0.2) is 11.6 Å². The van der Waals surface area contributed by atoms with Crippen LogP contribution in [0.15, 0.2) is 30.3 Å². The number of alkyl halides is 2. The number of hydrogen-bond acceptors (Lipinski definition) is 3. The fourth-order valence-corrected chi connectivity index (χ4v) is 2.16. The summed E-state index contributed by atoms with van der Waals surface area (Å²) in [6, 6.07) is 8.33. The van der Waals surface area contributed by atoms with Crippen LogP contribution in [0.1, 0.15) is 17.0 Å². The van der Waals surface area contributed by atoms with Crippen molar-refractivity contribution in [2.75, 3.05) is 5.32 Å². The lowest BCUT2D eigenvalue weighted by atomic mass is 10.2. The van der Waals surface area contributed by atoms with Crippen molar-refractivity contribution in [1.29, 1.82) is 0 Å². The molecule has 0 unspecified atom stereocenters. The first kappa shape index (κ1) is 15.5. The minimum atomic E-state index is -2.87. The lowest BCUT2D eigenvalue weighted by molar-refractivity contribution is -0.0504. The number of aryl methyl sites for hydroxylation is 2. The van der Waals surface area contributed by atoms with E-state index >= 15 is 0 Å². The Morgan fingerprint density at radius 2 is 2.00 bits per heavy atom. The Morgan fingerprint density at radius 3 is 2.67 bits per heavy atom. The number of hydrogen-bond donors (Lipinski definition) is 1. The van der Waals surface area contributed by atoms with Crippen LogP contribution >= 0.6 is 11.6 Å². The number of rotatable bonds is 5. The Morgan fingerprint density at radius 1 is 1.24 bits per heavy atom. The van der Waals surface area contributed by atoms with Gasteiger partial charge in [0.05, 0.1) is 11.4 Å². The molecule has 1 aromatic heterocycles. The van der Waals surface area contributed by atoms with Gasteiger partial charge in [0, 0.05) is 22.8 Å². The summed E-state index contributed by atoms with van der Waals surface area (Å²) >= 11 is 5.90. The van der Waals surface area contributed by atoms with Crippen LogP contribution in [0.4, 0.5) is 14.5 Å². The molecule has 0 aliphatic heterocycles.